The average Bonchev–Trinajstić information content (AvgIpc) is 3.73. The van der Waals surface area contributed by atoms with Gasteiger partial charge in [0.05, 0.1) is 18.4 Å². The summed E-state index contributed by atoms with van der Waals surface area (Å²) in [7, 11) is 3.69. The van der Waals surface area contributed by atoms with Crippen LogP contribution in [-0.2, 0) is 33.5 Å². The van der Waals surface area contributed by atoms with Crippen LogP contribution in [0, 0.1) is 6.92 Å². The number of aromatic nitrogens is 8. The van der Waals surface area contributed by atoms with E-state index in [4.69, 9.17) is 10.2 Å². The van der Waals surface area contributed by atoms with E-state index >= 15 is 0 Å². The zero-order chi connectivity index (χ0) is 30.7. The molecule has 0 spiro atoms. The largest absolute Gasteiger partial charge is 0.330 e. The summed E-state index contributed by atoms with van der Waals surface area (Å²) >= 11 is 3.53. The lowest BCUT2D eigenvalue weighted by atomic mass is 9.98. The van der Waals surface area contributed by atoms with Gasteiger partial charge in [-0.25, -0.2) is 9.08 Å². The fourth-order valence-corrected chi connectivity index (χ4v) is 6.29. The first kappa shape index (κ1) is 28.0. The zero-order valence-corrected chi connectivity index (χ0v) is 26.4. The van der Waals surface area contributed by atoms with E-state index in [-0.39, 0.29) is 24.1 Å². The summed E-state index contributed by atoms with van der Waals surface area (Å²) in [6, 6.07) is 17.4. The highest BCUT2D eigenvalue weighted by Crippen LogP contribution is 2.29. The number of rotatable bonds is 5. The molecule has 4 aromatic heterocycles. The Morgan fingerprint density at radius 2 is 1.89 bits per heavy atom. The van der Waals surface area contributed by atoms with Gasteiger partial charge in [0, 0.05) is 53.8 Å². The van der Waals surface area contributed by atoms with Crippen molar-refractivity contribution in [2.45, 2.75) is 39.3 Å². The number of amides is 1. The average molecular weight is 653 g/mol. The fourth-order valence-electron chi connectivity index (χ4n) is 6.04. The molecular formula is C32H30BrN9O2. The maximum atomic E-state index is 14.5. The molecule has 2 aromatic carbocycles. The molecule has 0 bridgehead atoms. The van der Waals surface area contributed by atoms with Gasteiger partial charge in [-0.1, -0.05) is 46.3 Å². The first-order valence-electron chi connectivity index (χ1n) is 14.3. The SMILES string of the molecule is Cc1cc(C(=O)N2Cc3c(c(=O)n(-c4cc(-c5nncn5C)n(C)n4)c4c(Cc5ccccc5)cnn34)C[C@@H]2C)ccc1Br. The Hall–Kier alpha value is -4.84. The molecular weight excluding hydrogens is 622 g/mol. The van der Waals surface area contributed by atoms with Crippen LogP contribution in [0.1, 0.15) is 45.2 Å². The van der Waals surface area contributed by atoms with Crippen LogP contribution in [0.5, 0.6) is 0 Å². The Balaban J connectivity index is 1.41. The van der Waals surface area contributed by atoms with Crippen LogP contribution in [0.4, 0.5) is 0 Å². The van der Waals surface area contributed by atoms with Crippen molar-refractivity contribution < 1.29 is 4.79 Å². The number of fused-ring (bicyclic) bond motifs is 3. The third-order valence-corrected chi connectivity index (χ3v) is 9.28. The van der Waals surface area contributed by atoms with Crippen molar-refractivity contribution in [1.82, 2.24) is 43.6 Å². The van der Waals surface area contributed by atoms with Crippen molar-refractivity contribution in [2.24, 2.45) is 14.1 Å². The smallest absolute Gasteiger partial charge is 0.263 e. The predicted octanol–water partition coefficient (Wildman–Crippen LogP) is 4.26. The minimum absolute atomic E-state index is 0.0780. The molecule has 7 rings (SSSR count). The molecule has 0 saturated heterocycles. The van der Waals surface area contributed by atoms with Crippen LogP contribution in [-0.4, -0.2) is 55.6 Å². The highest BCUT2D eigenvalue weighted by Gasteiger charge is 2.34. The molecule has 1 atom stereocenters. The van der Waals surface area contributed by atoms with Gasteiger partial charge in [0.1, 0.15) is 17.7 Å². The minimum Gasteiger partial charge on any atom is -0.330 e. The Morgan fingerprint density at radius 3 is 2.61 bits per heavy atom. The van der Waals surface area contributed by atoms with E-state index in [2.05, 4.69) is 38.3 Å². The third kappa shape index (κ3) is 4.57. The van der Waals surface area contributed by atoms with Crippen molar-refractivity contribution >= 4 is 27.5 Å². The molecule has 11 nitrogen and oxygen atoms in total. The number of halogens is 1. The lowest BCUT2D eigenvalue weighted by Crippen LogP contribution is -2.46. The van der Waals surface area contributed by atoms with Gasteiger partial charge >= 0.3 is 0 Å². The first-order valence-corrected chi connectivity index (χ1v) is 15.1. The number of nitrogens with zero attached hydrogens (tertiary/aromatic N) is 9. The Labute approximate surface area is 261 Å². The summed E-state index contributed by atoms with van der Waals surface area (Å²) < 4.78 is 7.95. The van der Waals surface area contributed by atoms with Gasteiger partial charge in [0.25, 0.3) is 11.5 Å². The monoisotopic (exact) mass is 651 g/mol. The van der Waals surface area contributed by atoms with Crippen LogP contribution in [0.25, 0.3) is 23.0 Å². The summed E-state index contributed by atoms with van der Waals surface area (Å²) in [5, 5.41) is 17.9. The van der Waals surface area contributed by atoms with E-state index in [1.54, 1.807) is 15.6 Å². The lowest BCUT2D eigenvalue weighted by Gasteiger charge is -2.35. The number of benzene rings is 2. The molecule has 44 heavy (non-hydrogen) atoms. The molecule has 0 saturated carbocycles. The Morgan fingerprint density at radius 1 is 1.09 bits per heavy atom. The molecule has 0 fully saturated rings. The molecule has 0 radical (unpaired) electrons. The number of carbonyl (C=O) groups is 1. The van der Waals surface area contributed by atoms with E-state index < -0.39 is 0 Å². The second-order valence-corrected chi connectivity index (χ2v) is 12.2. The van der Waals surface area contributed by atoms with Crippen LogP contribution in [0.15, 0.2) is 76.4 Å². The molecule has 5 heterocycles. The molecule has 1 amide bonds. The number of aryl methyl sites for hydroxylation is 3. The zero-order valence-electron chi connectivity index (χ0n) is 24.8. The fraction of sp³-hybridized carbons (Fsp3) is 0.250. The van der Waals surface area contributed by atoms with Gasteiger partial charge in [-0.15, -0.1) is 10.2 Å². The second kappa shape index (κ2) is 10.7. The number of hydrogen-bond donors (Lipinski definition) is 0. The van der Waals surface area contributed by atoms with E-state index in [1.165, 1.54) is 0 Å². The Bertz CT molecular complexity index is 2120. The lowest BCUT2D eigenvalue weighted by molar-refractivity contribution is 0.0651. The minimum atomic E-state index is -0.199. The molecule has 12 heteroatoms. The van der Waals surface area contributed by atoms with E-state index in [0.717, 1.165) is 26.9 Å². The van der Waals surface area contributed by atoms with Crippen molar-refractivity contribution in [1.29, 1.82) is 0 Å². The van der Waals surface area contributed by atoms with Crippen LogP contribution in [0.3, 0.4) is 0 Å². The molecule has 1 aliphatic rings. The van der Waals surface area contributed by atoms with Crippen LogP contribution < -0.4 is 5.56 Å². The maximum Gasteiger partial charge on any atom is 0.263 e. The highest BCUT2D eigenvalue weighted by atomic mass is 79.9. The Kier molecular flexibility index (Phi) is 6.80. The van der Waals surface area contributed by atoms with Crippen molar-refractivity contribution in [3.8, 4) is 17.3 Å². The summed E-state index contributed by atoms with van der Waals surface area (Å²) in [6.07, 6.45) is 4.41. The van der Waals surface area contributed by atoms with Crippen molar-refractivity contribution in [3.63, 3.8) is 0 Å². The molecule has 0 aliphatic carbocycles. The van der Waals surface area contributed by atoms with Crippen molar-refractivity contribution in [2.75, 3.05) is 0 Å². The molecule has 1 aliphatic heterocycles. The second-order valence-electron chi connectivity index (χ2n) is 11.4. The summed E-state index contributed by atoms with van der Waals surface area (Å²) in [6.45, 7) is 4.21. The van der Waals surface area contributed by atoms with Gasteiger partial charge in [0.15, 0.2) is 11.6 Å². The van der Waals surface area contributed by atoms with Gasteiger partial charge in [0.2, 0.25) is 0 Å². The van der Waals surface area contributed by atoms with Crippen molar-refractivity contribution in [3.05, 3.63) is 115 Å². The maximum absolute atomic E-state index is 14.5. The van der Waals surface area contributed by atoms with Gasteiger partial charge in [-0.2, -0.15) is 10.2 Å². The summed E-state index contributed by atoms with van der Waals surface area (Å²) in [4.78, 5) is 30.1. The van der Waals surface area contributed by atoms with Gasteiger partial charge < -0.3 is 9.47 Å². The standard InChI is InChI=1S/C32H30BrN9O2/c1-19-12-22(10-11-25(19)33)31(43)40-17-27-24(13-20(40)2)32(44)41(28-15-26(39(4)37-28)29-36-34-18-38(29)3)30-23(16-35-42(27)30)14-21-8-6-5-7-9-21/h5-12,15-16,18,20H,13-14,17H2,1-4H3/t20-/m0/s1. The molecule has 0 unspecified atom stereocenters. The normalized spacial score (nSPS) is 14.8. The van der Waals surface area contributed by atoms with E-state index in [1.807, 2.05) is 90.6 Å². The third-order valence-electron chi connectivity index (χ3n) is 8.39. The number of carbonyl (C=O) groups excluding carboxylic acids is 1. The first-order chi connectivity index (χ1) is 21.2. The van der Waals surface area contributed by atoms with E-state index in [0.29, 0.717) is 47.0 Å². The highest BCUT2D eigenvalue weighted by molar-refractivity contribution is 9.10. The quantitative estimate of drug-likeness (QED) is 0.276. The van der Waals surface area contributed by atoms with Gasteiger partial charge in [-0.05, 0) is 49.6 Å². The molecule has 222 valence electrons. The predicted molar refractivity (Wildman–Crippen MR) is 169 cm³/mol. The molecule has 6 aromatic rings. The van der Waals surface area contributed by atoms with Crippen LogP contribution in [0.2, 0.25) is 0 Å². The summed E-state index contributed by atoms with van der Waals surface area (Å²) in [5.74, 6) is 1.03. The van der Waals surface area contributed by atoms with Crippen LogP contribution >= 0.6 is 15.9 Å². The number of hydrogen-bond acceptors (Lipinski definition) is 6. The topological polar surface area (TPSA) is 108 Å². The summed E-state index contributed by atoms with van der Waals surface area (Å²) in [5.41, 5.74) is 6.09. The van der Waals surface area contributed by atoms with Gasteiger partial charge in [-0.3, -0.25) is 14.3 Å². The van der Waals surface area contributed by atoms with E-state index in [9.17, 15) is 9.59 Å². The molecule has 0 N–H and O–H groups in total.